The minimum absolute atomic E-state index is 0.185. The van der Waals surface area contributed by atoms with Gasteiger partial charge in [-0.25, -0.2) is 17.1 Å². The number of nitrogens with two attached hydrogens (primary N) is 1. The molecule has 0 radical (unpaired) electrons. The van der Waals surface area contributed by atoms with Gasteiger partial charge in [-0.2, -0.15) is 0 Å². The zero-order valence-electron chi connectivity index (χ0n) is 8.87. The molecule has 1 rings (SSSR count). The van der Waals surface area contributed by atoms with Crippen LogP contribution in [0.1, 0.15) is 6.92 Å². The molecule has 0 aromatic heterocycles. The van der Waals surface area contributed by atoms with Crippen molar-refractivity contribution in [2.45, 2.75) is 11.8 Å². The SMILES string of the molecule is CCN(C)S(=O)(=O)c1cc(N)c(Br)cc1F. The molecular weight excluding hydrogens is 299 g/mol. The van der Waals surface area contributed by atoms with E-state index in [2.05, 4.69) is 15.9 Å². The Hall–Kier alpha value is -0.660. The molecule has 0 atom stereocenters. The lowest BCUT2D eigenvalue weighted by molar-refractivity contribution is 0.478. The highest BCUT2D eigenvalue weighted by Gasteiger charge is 2.24. The van der Waals surface area contributed by atoms with Crippen molar-refractivity contribution in [2.24, 2.45) is 0 Å². The van der Waals surface area contributed by atoms with Crippen molar-refractivity contribution < 1.29 is 12.8 Å². The van der Waals surface area contributed by atoms with Gasteiger partial charge in [0.1, 0.15) is 10.7 Å². The van der Waals surface area contributed by atoms with Crippen molar-refractivity contribution in [2.75, 3.05) is 19.3 Å². The molecule has 16 heavy (non-hydrogen) atoms. The van der Waals surface area contributed by atoms with E-state index in [0.717, 1.165) is 16.4 Å². The maximum Gasteiger partial charge on any atom is 0.245 e. The number of anilines is 1. The molecule has 0 bridgehead atoms. The van der Waals surface area contributed by atoms with Gasteiger partial charge in [-0.05, 0) is 28.1 Å². The second-order valence-corrected chi connectivity index (χ2v) is 6.09. The summed E-state index contributed by atoms with van der Waals surface area (Å²) in [6, 6.07) is 2.16. The molecule has 1 aromatic rings. The lowest BCUT2D eigenvalue weighted by Gasteiger charge is -2.15. The van der Waals surface area contributed by atoms with Crippen LogP contribution in [0.3, 0.4) is 0 Å². The van der Waals surface area contributed by atoms with Crippen molar-refractivity contribution in [3.8, 4) is 0 Å². The molecule has 0 aliphatic heterocycles. The Bertz CT molecular complexity index is 504. The Morgan fingerprint density at radius 3 is 2.56 bits per heavy atom. The van der Waals surface area contributed by atoms with E-state index >= 15 is 0 Å². The molecule has 90 valence electrons. The van der Waals surface area contributed by atoms with E-state index in [1.807, 2.05) is 0 Å². The van der Waals surface area contributed by atoms with Crippen LogP contribution >= 0.6 is 15.9 Å². The van der Waals surface area contributed by atoms with Gasteiger partial charge in [0.15, 0.2) is 0 Å². The molecule has 1 aromatic carbocycles. The topological polar surface area (TPSA) is 63.4 Å². The summed E-state index contributed by atoms with van der Waals surface area (Å²) in [5.74, 6) is -0.818. The highest BCUT2D eigenvalue weighted by Crippen LogP contribution is 2.27. The zero-order valence-corrected chi connectivity index (χ0v) is 11.3. The highest BCUT2D eigenvalue weighted by molar-refractivity contribution is 9.10. The molecule has 0 saturated carbocycles. The van der Waals surface area contributed by atoms with E-state index in [9.17, 15) is 12.8 Å². The van der Waals surface area contributed by atoms with Gasteiger partial charge >= 0.3 is 0 Å². The average molecular weight is 311 g/mol. The molecular formula is C9H12BrFN2O2S. The van der Waals surface area contributed by atoms with Gasteiger partial charge < -0.3 is 5.73 Å². The number of nitrogens with zero attached hydrogens (tertiary/aromatic N) is 1. The van der Waals surface area contributed by atoms with Gasteiger partial charge in [0.2, 0.25) is 10.0 Å². The lowest BCUT2D eigenvalue weighted by Crippen LogP contribution is -2.27. The first-order valence-corrected chi connectivity index (χ1v) is 6.74. The normalized spacial score (nSPS) is 12.1. The molecule has 7 heteroatoms. The molecule has 4 nitrogen and oxygen atoms in total. The van der Waals surface area contributed by atoms with Gasteiger partial charge in [0.25, 0.3) is 0 Å². The third-order valence-electron chi connectivity index (χ3n) is 2.18. The van der Waals surface area contributed by atoms with Gasteiger partial charge in [-0.1, -0.05) is 6.92 Å². The van der Waals surface area contributed by atoms with E-state index < -0.39 is 20.7 Å². The van der Waals surface area contributed by atoms with Crippen molar-refractivity contribution in [1.82, 2.24) is 4.31 Å². The molecule has 0 heterocycles. The summed E-state index contributed by atoms with van der Waals surface area (Å²) in [6.07, 6.45) is 0. The largest absolute Gasteiger partial charge is 0.398 e. The first-order chi connectivity index (χ1) is 7.30. The second-order valence-electron chi connectivity index (χ2n) is 3.22. The standard InChI is InChI=1S/C9H12BrFN2O2S/c1-3-13(2)16(14,15)9-5-8(12)6(10)4-7(9)11/h4-5H,3,12H2,1-2H3. The number of sulfonamides is 1. The maximum atomic E-state index is 13.5. The number of hydrogen-bond acceptors (Lipinski definition) is 3. The Balaban J connectivity index is 3.40. The molecule has 0 saturated heterocycles. The van der Waals surface area contributed by atoms with Gasteiger partial charge in [-0.15, -0.1) is 0 Å². The lowest BCUT2D eigenvalue weighted by atomic mass is 10.3. The van der Waals surface area contributed by atoms with Crippen LogP contribution in [0.25, 0.3) is 0 Å². The quantitative estimate of drug-likeness (QED) is 0.866. The predicted octanol–water partition coefficient (Wildman–Crippen LogP) is 1.81. The first kappa shape index (κ1) is 13.4. The van der Waals surface area contributed by atoms with E-state index in [4.69, 9.17) is 5.73 Å². The van der Waals surface area contributed by atoms with Gasteiger partial charge in [-0.3, -0.25) is 0 Å². The minimum atomic E-state index is -3.80. The molecule has 2 N–H and O–H groups in total. The third kappa shape index (κ3) is 2.36. The minimum Gasteiger partial charge on any atom is -0.398 e. The van der Waals surface area contributed by atoms with Crippen molar-refractivity contribution >= 4 is 31.6 Å². The van der Waals surface area contributed by atoms with Crippen LogP contribution in [0.4, 0.5) is 10.1 Å². The number of rotatable bonds is 3. The fourth-order valence-corrected chi connectivity index (χ4v) is 2.65. The summed E-state index contributed by atoms with van der Waals surface area (Å²) in [4.78, 5) is -0.405. The van der Waals surface area contributed by atoms with Crippen LogP contribution in [0.2, 0.25) is 0 Å². The Morgan fingerprint density at radius 2 is 2.06 bits per heavy atom. The van der Waals surface area contributed by atoms with Crippen molar-refractivity contribution in [3.63, 3.8) is 0 Å². The van der Waals surface area contributed by atoms with E-state index in [-0.39, 0.29) is 12.2 Å². The van der Waals surface area contributed by atoms with Crippen LogP contribution in [-0.4, -0.2) is 26.3 Å². The summed E-state index contributed by atoms with van der Waals surface area (Å²) in [7, 11) is -2.42. The molecule has 0 amide bonds. The smallest absolute Gasteiger partial charge is 0.245 e. The highest BCUT2D eigenvalue weighted by atomic mass is 79.9. The van der Waals surface area contributed by atoms with E-state index in [0.29, 0.717) is 4.47 Å². The predicted molar refractivity (Wildman–Crippen MR) is 64.0 cm³/mol. The van der Waals surface area contributed by atoms with Crippen molar-refractivity contribution in [3.05, 3.63) is 22.4 Å². The Morgan fingerprint density at radius 1 is 1.50 bits per heavy atom. The average Bonchev–Trinajstić information content (AvgIpc) is 2.21. The number of halogens is 2. The molecule has 0 unspecified atom stereocenters. The monoisotopic (exact) mass is 310 g/mol. The van der Waals surface area contributed by atoms with Gasteiger partial charge in [0.05, 0.1) is 0 Å². The van der Waals surface area contributed by atoms with Gasteiger partial charge in [0, 0.05) is 23.8 Å². The maximum absolute atomic E-state index is 13.5. The molecule has 0 aliphatic carbocycles. The Kier molecular flexibility index (Phi) is 3.92. The summed E-state index contributed by atoms with van der Waals surface area (Å²) in [5.41, 5.74) is 5.72. The fraction of sp³-hybridized carbons (Fsp3) is 0.333. The number of benzene rings is 1. The summed E-state index contributed by atoms with van der Waals surface area (Å²) in [5, 5.41) is 0. The van der Waals surface area contributed by atoms with Crippen LogP contribution in [0.5, 0.6) is 0 Å². The van der Waals surface area contributed by atoms with Crippen LogP contribution in [0.15, 0.2) is 21.5 Å². The number of hydrogen-bond donors (Lipinski definition) is 1. The van der Waals surface area contributed by atoms with E-state index in [1.165, 1.54) is 7.05 Å². The summed E-state index contributed by atoms with van der Waals surface area (Å²) < 4.78 is 38.6. The zero-order chi connectivity index (χ0) is 12.5. The third-order valence-corrected chi connectivity index (χ3v) is 4.82. The summed E-state index contributed by atoms with van der Waals surface area (Å²) >= 11 is 3.03. The van der Waals surface area contributed by atoms with Crippen LogP contribution < -0.4 is 5.73 Å². The molecule has 0 fully saturated rings. The second kappa shape index (κ2) is 4.68. The van der Waals surface area contributed by atoms with Crippen LogP contribution in [-0.2, 0) is 10.0 Å². The molecule has 0 spiro atoms. The summed E-state index contributed by atoms with van der Waals surface area (Å²) in [6.45, 7) is 1.93. The Labute approximate surface area is 102 Å². The fourth-order valence-electron chi connectivity index (χ4n) is 1.08. The molecule has 0 aliphatic rings. The number of nitrogen functional groups attached to an aromatic ring is 1. The van der Waals surface area contributed by atoms with E-state index in [1.54, 1.807) is 6.92 Å². The van der Waals surface area contributed by atoms with Crippen LogP contribution in [0, 0.1) is 5.82 Å². The first-order valence-electron chi connectivity index (χ1n) is 4.51. The van der Waals surface area contributed by atoms with Crippen molar-refractivity contribution in [1.29, 1.82) is 0 Å².